The van der Waals surface area contributed by atoms with Crippen molar-refractivity contribution in [3.05, 3.63) is 78.4 Å². The lowest BCUT2D eigenvalue weighted by atomic mass is 10.2. The number of phosphoric ester groups is 1. The zero-order valence-electron chi connectivity index (χ0n) is 13.2. The van der Waals surface area contributed by atoms with Crippen LogP contribution in [-0.2, 0) is 15.7 Å². The van der Waals surface area contributed by atoms with Crippen molar-refractivity contribution < 1.29 is 18.9 Å². The molecule has 126 valence electrons. The molecule has 0 aliphatic carbocycles. The van der Waals surface area contributed by atoms with Crippen LogP contribution in [0.5, 0.6) is 0 Å². The van der Waals surface area contributed by atoms with E-state index >= 15 is 0 Å². The zero-order valence-corrected chi connectivity index (χ0v) is 14.1. The minimum absolute atomic E-state index is 0.127. The number of benzene rings is 3. The molecule has 0 spiro atoms. The molecule has 1 heterocycles. The summed E-state index contributed by atoms with van der Waals surface area (Å²) in [6.45, 7) is -0.127. The Bertz CT molecular complexity index is 1040. The van der Waals surface area contributed by atoms with E-state index < -0.39 is 7.82 Å². The molecular formula is C19H16NO4P. The van der Waals surface area contributed by atoms with Crippen LogP contribution in [0.2, 0.25) is 0 Å². The van der Waals surface area contributed by atoms with E-state index in [9.17, 15) is 4.57 Å². The van der Waals surface area contributed by atoms with Crippen LogP contribution < -0.4 is 0 Å². The number of hydrogen-bond acceptors (Lipinski definition) is 2. The van der Waals surface area contributed by atoms with Gasteiger partial charge in [0, 0.05) is 16.5 Å². The van der Waals surface area contributed by atoms with Gasteiger partial charge in [0.2, 0.25) is 0 Å². The molecule has 0 saturated carbocycles. The van der Waals surface area contributed by atoms with Crippen molar-refractivity contribution in [1.29, 1.82) is 0 Å². The molecule has 2 N–H and O–H groups in total. The molecule has 0 atom stereocenters. The summed E-state index contributed by atoms with van der Waals surface area (Å²) in [5.74, 6) is 0. The number of aromatic nitrogens is 1. The highest BCUT2D eigenvalue weighted by molar-refractivity contribution is 7.46. The molecule has 0 aliphatic heterocycles. The Morgan fingerprint density at radius 2 is 1.32 bits per heavy atom. The van der Waals surface area contributed by atoms with Gasteiger partial charge in [0.1, 0.15) is 0 Å². The second-order valence-corrected chi connectivity index (χ2v) is 7.04. The Morgan fingerprint density at radius 1 is 0.800 bits per heavy atom. The Balaban J connectivity index is 1.80. The second kappa shape index (κ2) is 6.14. The van der Waals surface area contributed by atoms with Crippen LogP contribution >= 0.6 is 7.82 Å². The van der Waals surface area contributed by atoms with E-state index in [1.54, 1.807) is 0 Å². The summed E-state index contributed by atoms with van der Waals surface area (Å²) < 4.78 is 17.5. The summed E-state index contributed by atoms with van der Waals surface area (Å²) in [5.41, 5.74) is 3.91. The third-order valence-electron chi connectivity index (χ3n) is 4.17. The molecule has 0 radical (unpaired) electrons. The Hall–Kier alpha value is -2.43. The van der Waals surface area contributed by atoms with Gasteiger partial charge in [-0.2, -0.15) is 0 Å². The summed E-state index contributed by atoms with van der Waals surface area (Å²) in [6, 6.07) is 24.0. The normalized spacial score (nSPS) is 12.1. The van der Waals surface area contributed by atoms with E-state index in [1.807, 2.05) is 48.5 Å². The first-order chi connectivity index (χ1) is 12.0. The summed E-state index contributed by atoms with van der Waals surface area (Å²) in [5, 5.41) is 2.37. The highest BCUT2D eigenvalue weighted by Crippen LogP contribution is 2.37. The predicted molar refractivity (Wildman–Crippen MR) is 97.6 cm³/mol. The van der Waals surface area contributed by atoms with Gasteiger partial charge >= 0.3 is 7.82 Å². The van der Waals surface area contributed by atoms with E-state index in [0.29, 0.717) is 5.56 Å². The van der Waals surface area contributed by atoms with Crippen LogP contribution in [0.4, 0.5) is 0 Å². The van der Waals surface area contributed by atoms with E-state index in [0.717, 1.165) is 16.7 Å². The van der Waals surface area contributed by atoms with Gasteiger partial charge < -0.3 is 14.4 Å². The zero-order chi connectivity index (χ0) is 17.4. The molecule has 4 rings (SSSR count). The standard InChI is InChI=1S/C19H16NO4P/c21-25(22,23)24-13-14-9-11-15(12-10-14)20-18-7-3-1-5-16(18)17-6-2-4-8-19(17)20/h1-12H,13H2,(H2,21,22,23). The van der Waals surface area contributed by atoms with Gasteiger partial charge in [0.05, 0.1) is 17.6 Å². The third-order valence-corrected chi connectivity index (χ3v) is 4.64. The molecular weight excluding hydrogens is 337 g/mol. The van der Waals surface area contributed by atoms with E-state index in [1.165, 1.54) is 10.8 Å². The first-order valence-corrected chi connectivity index (χ1v) is 9.33. The van der Waals surface area contributed by atoms with Gasteiger partial charge in [-0.15, -0.1) is 0 Å². The van der Waals surface area contributed by atoms with E-state index in [4.69, 9.17) is 9.79 Å². The van der Waals surface area contributed by atoms with Gasteiger partial charge in [-0.1, -0.05) is 48.5 Å². The topological polar surface area (TPSA) is 71.7 Å². The molecule has 25 heavy (non-hydrogen) atoms. The van der Waals surface area contributed by atoms with Crippen molar-refractivity contribution in [1.82, 2.24) is 4.57 Å². The van der Waals surface area contributed by atoms with Crippen LogP contribution in [0.25, 0.3) is 27.5 Å². The van der Waals surface area contributed by atoms with Crippen molar-refractivity contribution in [2.24, 2.45) is 0 Å². The predicted octanol–water partition coefficient (Wildman–Crippen LogP) is 4.39. The Labute approximate surface area is 144 Å². The number of rotatable bonds is 4. The van der Waals surface area contributed by atoms with Crippen LogP contribution in [0.3, 0.4) is 0 Å². The summed E-state index contributed by atoms with van der Waals surface area (Å²) in [6.07, 6.45) is 0. The van der Waals surface area contributed by atoms with Crippen molar-refractivity contribution in [2.45, 2.75) is 6.61 Å². The highest BCUT2D eigenvalue weighted by atomic mass is 31.2. The maximum atomic E-state index is 10.8. The molecule has 6 heteroatoms. The van der Waals surface area contributed by atoms with Crippen LogP contribution in [-0.4, -0.2) is 14.4 Å². The SMILES string of the molecule is O=P(O)(O)OCc1ccc(-n2c3ccccc3c3ccccc32)cc1. The molecule has 4 aromatic rings. The maximum Gasteiger partial charge on any atom is 0.469 e. The van der Waals surface area contributed by atoms with Gasteiger partial charge in [-0.05, 0) is 29.8 Å². The lowest BCUT2D eigenvalue weighted by Crippen LogP contribution is -1.95. The van der Waals surface area contributed by atoms with E-state index in [2.05, 4.69) is 33.4 Å². The number of nitrogens with zero attached hydrogens (tertiary/aromatic N) is 1. The van der Waals surface area contributed by atoms with Gasteiger partial charge in [-0.3, -0.25) is 4.52 Å². The Kier molecular flexibility index (Phi) is 3.94. The average molecular weight is 353 g/mol. The third kappa shape index (κ3) is 3.11. The van der Waals surface area contributed by atoms with Gasteiger partial charge in [0.15, 0.2) is 0 Å². The fraction of sp³-hybridized carbons (Fsp3) is 0.0526. The lowest BCUT2D eigenvalue weighted by molar-refractivity contribution is 0.189. The summed E-state index contributed by atoms with van der Waals surface area (Å²) in [7, 11) is -4.46. The molecule has 0 amide bonds. The van der Waals surface area contributed by atoms with Crippen LogP contribution in [0, 0.1) is 0 Å². The Morgan fingerprint density at radius 3 is 1.84 bits per heavy atom. The van der Waals surface area contributed by atoms with Gasteiger partial charge in [-0.25, -0.2) is 4.57 Å². The lowest BCUT2D eigenvalue weighted by Gasteiger charge is -2.09. The number of para-hydroxylation sites is 2. The first-order valence-electron chi connectivity index (χ1n) is 7.80. The smallest absolute Gasteiger partial charge is 0.309 e. The highest BCUT2D eigenvalue weighted by Gasteiger charge is 2.14. The quantitative estimate of drug-likeness (QED) is 0.534. The molecule has 3 aromatic carbocycles. The van der Waals surface area contributed by atoms with Crippen molar-refractivity contribution in [3.63, 3.8) is 0 Å². The maximum absolute atomic E-state index is 10.8. The minimum Gasteiger partial charge on any atom is -0.309 e. The molecule has 0 saturated heterocycles. The van der Waals surface area contributed by atoms with Gasteiger partial charge in [0.25, 0.3) is 0 Å². The van der Waals surface area contributed by atoms with E-state index in [-0.39, 0.29) is 6.61 Å². The number of phosphoric acid groups is 1. The molecule has 0 unspecified atom stereocenters. The fourth-order valence-corrected chi connectivity index (χ4v) is 3.42. The minimum atomic E-state index is -4.46. The van der Waals surface area contributed by atoms with Crippen molar-refractivity contribution >= 4 is 29.6 Å². The van der Waals surface area contributed by atoms with Crippen LogP contribution in [0.15, 0.2) is 72.8 Å². The largest absolute Gasteiger partial charge is 0.469 e. The molecule has 0 fully saturated rings. The average Bonchev–Trinajstić information content (AvgIpc) is 2.94. The first kappa shape index (κ1) is 16.1. The molecule has 1 aromatic heterocycles. The second-order valence-electron chi connectivity index (χ2n) is 5.80. The molecule has 5 nitrogen and oxygen atoms in total. The number of hydrogen-bond donors (Lipinski definition) is 2. The van der Waals surface area contributed by atoms with Crippen LogP contribution in [0.1, 0.15) is 5.56 Å². The number of fused-ring (bicyclic) bond motifs is 3. The molecule has 0 bridgehead atoms. The van der Waals surface area contributed by atoms with Crippen molar-refractivity contribution in [3.8, 4) is 5.69 Å². The fourth-order valence-electron chi connectivity index (χ4n) is 3.10. The summed E-state index contributed by atoms with van der Waals surface area (Å²) in [4.78, 5) is 17.6. The summed E-state index contributed by atoms with van der Waals surface area (Å²) >= 11 is 0. The van der Waals surface area contributed by atoms with Crippen molar-refractivity contribution in [2.75, 3.05) is 0 Å². The monoisotopic (exact) mass is 353 g/mol. The molecule has 0 aliphatic rings.